The van der Waals surface area contributed by atoms with Crippen molar-refractivity contribution in [2.75, 3.05) is 163 Å². The molecule has 0 spiro atoms. The van der Waals surface area contributed by atoms with Gasteiger partial charge >= 0.3 is 5.97 Å². The van der Waals surface area contributed by atoms with Gasteiger partial charge in [-0.1, -0.05) is 13.0 Å². The van der Waals surface area contributed by atoms with E-state index in [4.69, 9.17) is 57.9 Å². The van der Waals surface area contributed by atoms with E-state index in [0.29, 0.717) is 135 Å². The van der Waals surface area contributed by atoms with Gasteiger partial charge in [0, 0.05) is 43.9 Å². The minimum atomic E-state index is -1.80. The lowest BCUT2D eigenvalue weighted by atomic mass is 9.97. The van der Waals surface area contributed by atoms with Gasteiger partial charge in [0.1, 0.15) is 5.84 Å². The van der Waals surface area contributed by atoms with Gasteiger partial charge in [-0.2, -0.15) is 8.78 Å². The van der Waals surface area contributed by atoms with Gasteiger partial charge in [-0.3, -0.25) is 24.2 Å². The van der Waals surface area contributed by atoms with Crippen molar-refractivity contribution in [3.8, 4) is 5.75 Å². The average molecular weight is 1100 g/mol. The standard InChI is InChI=1S/C52H76F4N6O15/c1-3-11-62(76-4-2)52(65)40-33-44-45(60-46(57)34-40)35-41(37-59-44)61-12-5-6-39(38-61)7-10-58-47(63)8-13-66-15-17-68-19-21-70-23-25-72-27-29-74-31-32-75-30-28-73-26-24-71-22-20-69-18-16-67-14-9-48(64)77-51-49(55)42(53)36-43(54)50(51)56/h7,10,33,35-37,39H,3-6,8-9,11-32,34,38H2,1-2H3,(H2,57,60)(H,58,63)/b10-7+. The minimum Gasteiger partial charge on any atom is -0.420 e. The predicted octanol–water partition coefficient (Wildman–Crippen LogP) is 5.00. The summed E-state index contributed by atoms with van der Waals surface area (Å²) < 4.78 is 112. The first-order valence-electron chi connectivity index (χ1n) is 26.0. The normalized spacial score (nSPS) is 14.6. The second-order valence-electron chi connectivity index (χ2n) is 17.0. The Morgan fingerprint density at radius 2 is 1.21 bits per heavy atom. The number of nitrogens with two attached hydrogens (primary N) is 1. The summed E-state index contributed by atoms with van der Waals surface area (Å²) in [6.45, 7) is 12.9. The summed E-state index contributed by atoms with van der Waals surface area (Å²) in [4.78, 5) is 54.4. The number of esters is 1. The van der Waals surface area contributed by atoms with Crippen molar-refractivity contribution in [2.24, 2.45) is 16.6 Å². The number of halogens is 4. The zero-order chi connectivity index (χ0) is 55.3. The molecular weight excluding hydrogens is 1020 g/mol. The first kappa shape index (κ1) is 64.3. The predicted molar refractivity (Wildman–Crippen MR) is 273 cm³/mol. The van der Waals surface area contributed by atoms with Crippen LogP contribution in [0.4, 0.5) is 28.9 Å². The summed E-state index contributed by atoms with van der Waals surface area (Å²) in [7, 11) is 0. The molecule has 77 heavy (non-hydrogen) atoms. The van der Waals surface area contributed by atoms with Crippen LogP contribution in [-0.4, -0.2) is 192 Å². The van der Waals surface area contributed by atoms with Crippen LogP contribution in [0.2, 0.25) is 0 Å². The first-order chi connectivity index (χ1) is 37.5. The molecule has 0 aliphatic carbocycles. The zero-order valence-corrected chi connectivity index (χ0v) is 44.3. The molecule has 2 aliphatic heterocycles. The number of amidine groups is 1. The Bertz CT molecular complexity index is 2110. The fraction of sp³-hybridized carbons (Fsp3) is 0.635. The lowest BCUT2D eigenvalue weighted by molar-refractivity contribution is -0.180. The molecular formula is C52H76F4N6O15. The number of pyridine rings is 1. The number of hydrogen-bond donors (Lipinski definition) is 2. The van der Waals surface area contributed by atoms with Crippen molar-refractivity contribution in [2.45, 2.75) is 52.4 Å². The van der Waals surface area contributed by atoms with Crippen LogP contribution in [0.5, 0.6) is 5.75 Å². The molecule has 3 N–H and O–H groups in total. The number of nitrogens with zero attached hydrogens (tertiary/aromatic N) is 4. The van der Waals surface area contributed by atoms with Crippen LogP contribution in [0.15, 0.2) is 41.2 Å². The van der Waals surface area contributed by atoms with Crippen molar-refractivity contribution < 1.29 is 88.9 Å². The first-order valence-corrected chi connectivity index (χ1v) is 26.0. The molecule has 1 atom stereocenters. The molecule has 2 aromatic rings. The van der Waals surface area contributed by atoms with Crippen molar-refractivity contribution in [3.05, 3.63) is 65.1 Å². The second kappa shape index (κ2) is 39.2. The minimum absolute atomic E-state index is 0.0150. The maximum absolute atomic E-state index is 13.6. The molecule has 4 rings (SSSR count). The maximum atomic E-state index is 13.6. The quantitative estimate of drug-likeness (QED) is 0.0222. The number of nitrogens with one attached hydrogen (secondary N) is 1. The third-order valence-corrected chi connectivity index (χ3v) is 11.0. The monoisotopic (exact) mass is 1100 g/mol. The highest BCUT2D eigenvalue weighted by atomic mass is 19.2. The van der Waals surface area contributed by atoms with Gasteiger partial charge in [-0.15, -0.1) is 0 Å². The van der Waals surface area contributed by atoms with Gasteiger partial charge in [0.05, 0.1) is 175 Å². The van der Waals surface area contributed by atoms with Crippen molar-refractivity contribution in [1.82, 2.24) is 15.4 Å². The molecule has 432 valence electrons. The zero-order valence-electron chi connectivity index (χ0n) is 44.3. The molecule has 1 unspecified atom stereocenters. The Labute approximate surface area is 447 Å². The number of benzene rings is 1. The molecule has 0 saturated carbocycles. The fourth-order valence-corrected chi connectivity index (χ4v) is 7.27. The highest BCUT2D eigenvalue weighted by Crippen LogP contribution is 2.32. The number of rotatable bonds is 42. The van der Waals surface area contributed by atoms with Crippen LogP contribution in [0.25, 0.3) is 6.08 Å². The van der Waals surface area contributed by atoms with Crippen LogP contribution >= 0.6 is 0 Å². The summed E-state index contributed by atoms with van der Waals surface area (Å²) in [6.07, 6.45) is 10.0. The van der Waals surface area contributed by atoms with Crippen LogP contribution in [0.3, 0.4) is 0 Å². The number of carbonyl (C=O) groups is 3. The lowest BCUT2D eigenvalue weighted by Gasteiger charge is -2.33. The summed E-state index contributed by atoms with van der Waals surface area (Å²) in [5.41, 5.74) is 8.85. The topological polar surface area (TPSA) is 232 Å². The second-order valence-corrected chi connectivity index (χ2v) is 17.0. The number of amides is 2. The van der Waals surface area contributed by atoms with Crippen LogP contribution < -0.4 is 20.7 Å². The number of aromatic nitrogens is 1. The van der Waals surface area contributed by atoms with E-state index >= 15 is 0 Å². The van der Waals surface area contributed by atoms with E-state index in [1.165, 1.54) is 5.06 Å². The van der Waals surface area contributed by atoms with E-state index in [1.54, 1.807) is 18.5 Å². The number of hydrogen-bond acceptors (Lipinski definition) is 19. The molecule has 2 amide bonds. The summed E-state index contributed by atoms with van der Waals surface area (Å²) in [5.74, 6) is -9.34. The smallest absolute Gasteiger partial charge is 0.313 e. The largest absolute Gasteiger partial charge is 0.420 e. The number of ether oxygens (including phenoxy) is 11. The number of hydroxylamine groups is 2. The van der Waals surface area contributed by atoms with E-state index in [1.807, 2.05) is 26.0 Å². The molecule has 3 heterocycles. The Morgan fingerprint density at radius 3 is 1.70 bits per heavy atom. The van der Waals surface area contributed by atoms with Crippen molar-refractivity contribution in [3.63, 3.8) is 0 Å². The number of aliphatic imine (C=N–C) groups is 1. The number of carbonyl (C=O) groups excluding carboxylic acids is 3. The highest BCUT2D eigenvalue weighted by molar-refractivity contribution is 6.05. The fourth-order valence-electron chi connectivity index (χ4n) is 7.27. The number of fused-ring (bicyclic) bond motifs is 1. The molecule has 1 saturated heterocycles. The Balaban J connectivity index is 0.855. The Morgan fingerprint density at radius 1 is 0.714 bits per heavy atom. The number of anilines is 1. The Kier molecular flexibility index (Phi) is 32.8. The highest BCUT2D eigenvalue weighted by Gasteiger charge is 2.25. The summed E-state index contributed by atoms with van der Waals surface area (Å²) in [5, 5.41) is 4.22. The molecule has 0 radical (unpaired) electrons. The average Bonchev–Trinajstić information content (AvgIpc) is 3.59. The molecule has 1 aromatic carbocycles. The third kappa shape index (κ3) is 26.3. The van der Waals surface area contributed by atoms with E-state index in [2.05, 4.69) is 24.9 Å². The number of piperidine rings is 1. The van der Waals surface area contributed by atoms with Gasteiger partial charge in [0.2, 0.25) is 23.3 Å². The summed E-state index contributed by atoms with van der Waals surface area (Å²) >= 11 is 0. The van der Waals surface area contributed by atoms with Crippen LogP contribution in [0.1, 0.15) is 58.1 Å². The van der Waals surface area contributed by atoms with Gasteiger partial charge in [-0.05, 0) is 44.2 Å². The van der Waals surface area contributed by atoms with Crippen molar-refractivity contribution in [1.29, 1.82) is 0 Å². The third-order valence-electron chi connectivity index (χ3n) is 11.0. The maximum Gasteiger partial charge on any atom is 0.313 e. The van der Waals surface area contributed by atoms with Gasteiger partial charge in [0.15, 0.2) is 11.6 Å². The molecule has 2 aliphatic rings. The molecule has 1 fully saturated rings. The van der Waals surface area contributed by atoms with E-state index in [-0.39, 0.29) is 69.7 Å². The molecule has 1 aromatic heterocycles. The summed E-state index contributed by atoms with van der Waals surface area (Å²) in [6, 6.07) is 1.97. The van der Waals surface area contributed by atoms with Gasteiger partial charge in [0.25, 0.3) is 5.91 Å². The SMILES string of the molecule is CCCN(OCC)C(=O)C1=Cc2ncc(N3CCCC(/C=C/NC(=O)CCOCCOCCOCCOCCOCCOCCOCCOCCOCCOCCC(=O)Oc4c(F)c(F)cc(F)c4F)C3)cc2N=C(N)C1. The van der Waals surface area contributed by atoms with E-state index in [9.17, 15) is 31.9 Å². The van der Waals surface area contributed by atoms with Crippen LogP contribution in [-0.2, 0) is 66.6 Å². The van der Waals surface area contributed by atoms with Crippen LogP contribution in [0, 0.1) is 29.2 Å². The molecule has 25 heteroatoms. The molecule has 21 nitrogen and oxygen atoms in total. The van der Waals surface area contributed by atoms with E-state index < -0.39 is 41.4 Å². The van der Waals surface area contributed by atoms with Gasteiger partial charge < -0.3 is 68.1 Å². The van der Waals surface area contributed by atoms with Gasteiger partial charge in [-0.25, -0.2) is 18.8 Å². The molecule has 0 bridgehead atoms. The Hall–Kier alpha value is -5.19. The van der Waals surface area contributed by atoms with Crippen molar-refractivity contribution >= 4 is 41.1 Å². The lowest BCUT2D eigenvalue weighted by Crippen LogP contribution is -2.35. The van der Waals surface area contributed by atoms with E-state index in [0.717, 1.165) is 38.0 Å².